The molecule has 0 aliphatic carbocycles. The average Bonchev–Trinajstić information content (AvgIpc) is 2.26. The van der Waals surface area contributed by atoms with Gasteiger partial charge in [-0.1, -0.05) is 13.8 Å². The van der Waals surface area contributed by atoms with Crippen LogP contribution in [0.2, 0.25) is 0 Å². The molecule has 72 valence electrons. The number of hydrogen-bond acceptors (Lipinski definition) is 2. The molecule has 0 bridgehead atoms. The molecule has 0 aromatic carbocycles. The topological polar surface area (TPSA) is 12.5 Å². The lowest BCUT2D eigenvalue weighted by atomic mass is 10.1. The van der Waals surface area contributed by atoms with Crippen LogP contribution in [0.3, 0.4) is 0 Å². The van der Waals surface area contributed by atoms with Gasteiger partial charge in [0.2, 0.25) is 0 Å². The van der Waals surface area contributed by atoms with Crippen LogP contribution in [0.1, 0.15) is 27.2 Å². The van der Waals surface area contributed by atoms with Gasteiger partial charge in [-0.3, -0.25) is 0 Å². The maximum atomic E-state index is 5.70. The van der Waals surface area contributed by atoms with Crippen LogP contribution in [0.5, 0.6) is 0 Å². The smallest absolute Gasteiger partial charge is 0.0674 e. The molecule has 1 heterocycles. The van der Waals surface area contributed by atoms with Crippen LogP contribution in [0.15, 0.2) is 0 Å². The van der Waals surface area contributed by atoms with E-state index in [1.807, 2.05) is 0 Å². The first-order valence-corrected chi connectivity index (χ1v) is 5.10. The molecule has 0 amide bonds. The largest absolute Gasteiger partial charge is 0.377 e. The van der Waals surface area contributed by atoms with Crippen LogP contribution >= 0.6 is 0 Å². The highest BCUT2D eigenvalue weighted by Gasteiger charge is 2.19. The lowest BCUT2D eigenvalue weighted by Gasteiger charge is -2.21. The van der Waals surface area contributed by atoms with Crippen LogP contribution in [0, 0.1) is 5.92 Å². The van der Waals surface area contributed by atoms with Gasteiger partial charge in [-0.25, -0.2) is 0 Å². The van der Waals surface area contributed by atoms with E-state index >= 15 is 0 Å². The van der Waals surface area contributed by atoms with Gasteiger partial charge in [-0.15, -0.1) is 0 Å². The number of hydrogen-bond donors (Lipinski definition) is 0. The van der Waals surface area contributed by atoms with Gasteiger partial charge in [0, 0.05) is 13.1 Å². The molecule has 1 aliphatic rings. The Morgan fingerprint density at radius 3 is 2.67 bits per heavy atom. The van der Waals surface area contributed by atoms with E-state index < -0.39 is 0 Å². The average molecular weight is 171 g/mol. The van der Waals surface area contributed by atoms with E-state index in [2.05, 4.69) is 25.7 Å². The molecule has 1 rings (SSSR count). The second-order valence-electron chi connectivity index (χ2n) is 3.77. The maximum absolute atomic E-state index is 5.70. The number of likely N-dealkylation sites (N-methyl/N-ethyl adjacent to an activating group) is 1. The van der Waals surface area contributed by atoms with Crippen molar-refractivity contribution in [2.45, 2.75) is 33.3 Å². The van der Waals surface area contributed by atoms with Crippen LogP contribution in [-0.4, -0.2) is 37.2 Å². The van der Waals surface area contributed by atoms with Crippen molar-refractivity contribution in [1.82, 2.24) is 4.90 Å². The summed E-state index contributed by atoms with van der Waals surface area (Å²) in [5, 5.41) is 0. The molecule has 0 aromatic heterocycles. The molecule has 1 saturated heterocycles. The number of rotatable bonds is 2. The SMILES string of the molecule is CCC1CO[C@@H](C)CN(CC)C1. The second kappa shape index (κ2) is 4.83. The van der Waals surface area contributed by atoms with Crippen molar-refractivity contribution in [1.29, 1.82) is 0 Å². The van der Waals surface area contributed by atoms with E-state index in [4.69, 9.17) is 4.74 Å². The molecule has 0 saturated carbocycles. The van der Waals surface area contributed by atoms with Crippen molar-refractivity contribution < 1.29 is 4.74 Å². The Hall–Kier alpha value is -0.0800. The minimum absolute atomic E-state index is 0.418. The third-order valence-electron chi connectivity index (χ3n) is 2.67. The third kappa shape index (κ3) is 2.76. The van der Waals surface area contributed by atoms with Gasteiger partial charge in [0.05, 0.1) is 12.7 Å². The zero-order chi connectivity index (χ0) is 8.97. The zero-order valence-electron chi connectivity index (χ0n) is 8.55. The molecule has 2 heteroatoms. The fourth-order valence-electron chi connectivity index (χ4n) is 1.71. The van der Waals surface area contributed by atoms with Gasteiger partial charge >= 0.3 is 0 Å². The Morgan fingerprint density at radius 1 is 1.33 bits per heavy atom. The standard InChI is InChI=1S/C10H21NO/c1-4-10-7-11(5-2)6-9(3)12-8-10/h9-10H,4-8H2,1-3H3/t9-,10?/m0/s1. The minimum atomic E-state index is 0.418. The fraction of sp³-hybridized carbons (Fsp3) is 1.00. The summed E-state index contributed by atoms with van der Waals surface area (Å²) >= 11 is 0. The van der Waals surface area contributed by atoms with Crippen LogP contribution < -0.4 is 0 Å². The lowest BCUT2D eigenvalue weighted by molar-refractivity contribution is 0.0550. The summed E-state index contributed by atoms with van der Waals surface area (Å²) in [6.07, 6.45) is 1.66. The first-order chi connectivity index (χ1) is 5.76. The summed E-state index contributed by atoms with van der Waals surface area (Å²) < 4.78 is 5.70. The fourth-order valence-corrected chi connectivity index (χ4v) is 1.71. The quantitative estimate of drug-likeness (QED) is 0.627. The minimum Gasteiger partial charge on any atom is -0.377 e. The van der Waals surface area contributed by atoms with E-state index in [1.54, 1.807) is 0 Å². The van der Waals surface area contributed by atoms with Crippen molar-refractivity contribution in [3.8, 4) is 0 Å². The Morgan fingerprint density at radius 2 is 2.08 bits per heavy atom. The lowest BCUT2D eigenvalue weighted by Crippen LogP contribution is -2.31. The van der Waals surface area contributed by atoms with E-state index in [1.165, 1.54) is 13.0 Å². The van der Waals surface area contributed by atoms with Gasteiger partial charge in [-0.05, 0) is 25.8 Å². The molecule has 0 aromatic rings. The molecule has 2 atom stereocenters. The van der Waals surface area contributed by atoms with E-state index in [-0.39, 0.29) is 0 Å². The monoisotopic (exact) mass is 171 g/mol. The number of ether oxygens (including phenoxy) is 1. The van der Waals surface area contributed by atoms with Gasteiger partial charge in [0.1, 0.15) is 0 Å². The summed E-state index contributed by atoms with van der Waals surface area (Å²) in [4.78, 5) is 2.49. The highest BCUT2D eigenvalue weighted by Crippen LogP contribution is 2.13. The van der Waals surface area contributed by atoms with Gasteiger partial charge in [0.15, 0.2) is 0 Å². The summed E-state index contributed by atoms with van der Waals surface area (Å²) in [5.41, 5.74) is 0. The van der Waals surface area contributed by atoms with E-state index in [0.29, 0.717) is 6.10 Å². The predicted molar refractivity (Wildman–Crippen MR) is 51.3 cm³/mol. The van der Waals surface area contributed by atoms with Crippen molar-refractivity contribution in [3.63, 3.8) is 0 Å². The highest BCUT2D eigenvalue weighted by atomic mass is 16.5. The zero-order valence-corrected chi connectivity index (χ0v) is 8.55. The van der Waals surface area contributed by atoms with E-state index in [9.17, 15) is 0 Å². The van der Waals surface area contributed by atoms with Crippen LogP contribution in [-0.2, 0) is 4.74 Å². The first-order valence-electron chi connectivity index (χ1n) is 5.10. The van der Waals surface area contributed by atoms with Gasteiger partial charge in [-0.2, -0.15) is 0 Å². The van der Waals surface area contributed by atoms with Crippen molar-refractivity contribution in [2.75, 3.05) is 26.2 Å². The summed E-state index contributed by atoms with van der Waals surface area (Å²) in [5.74, 6) is 0.745. The van der Waals surface area contributed by atoms with Crippen molar-refractivity contribution in [3.05, 3.63) is 0 Å². The molecule has 0 spiro atoms. The molecule has 2 nitrogen and oxygen atoms in total. The Bertz CT molecular complexity index is 127. The summed E-state index contributed by atoms with van der Waals surface area (Å²) in [6, 6.07) is 0. The predicted octanol–water partition coefficient (Wildman–Crippen LogP) is 1.75. The molecular formula is C10H21NO. The van der Waals surface area contributed by atoms with Crippen LogP contribution in [0.25, 0.3) is 0 Å². The normalized spacial score (nSPS) is 33.2. The second-order valence-corrected chi connectivity index (χ2v) is 3.77. The Labute approximate surface area is 75.9 Å². The molecular weight excluding hydrogens is 150 g/mol. The Balaban J connectivity index is 2.43. The Kier molecular flexibility index (Phi) is 4.02. The molecule has 12 heavy (non-hydrogen) atoms. The maximum Gasteiger partial charge on any atom is 0.0674 e. The van der Waals surface area contributed by atoms with Crippen molar-refractivity contribution in [2.24, 2.45) is 5.92 Å². The summed E-state index contributed by atoms with van der Waals surface area (Å²) in [7, 11) is 0. The molecule has 1 unspecified atom stereocenters. The van der Waals surface area contributed by atoms with Crippen molar-refractivity contribution >= 4 is 0 Å². The molecule has 1 fully saturated rings. The molecule has 1 aliphatic heterocycles. The van der Waals surface area contributed by atoms with Gasteiger partial charge in [0.25, 0.3) is 0 Å². The van der Waals surface area contributed by atoms with Gasteiger partial charge < -0.3 is 9.64 Å². The highest BCUT2D eigenvalue weighted by molar-refractivity contribution is 4.71. The molecule has 0 N–H and O–H groups in total. The van der Waals surface area contributed by atoms with E-state index in [0.717, 1.165) is 25.6 Å². The van der Waals surface area contributed by atoms with Crippen LogP contribution in [0.4, 0.5) is 0 Å². The third-order valence-corrected chi connectivity index (χ3v) is 2.67. The molecule has 0 radical (unpaired) electrons. The first kappa shape index (κ1) is 10.0. The summed E-state index contributed by atoms with van der Waals surface area (Å²) in [6.45, 7) is 11.1. The number of nitrogens with zero attached hydrogens (tertiary/aromatic N) is 1.